The molecule has 10 atom stereocenters. The molecule has 0 aliphatic carbocycles. The molecule has 0 unspecified atom stereocenters. The van der Waals surface area contributed by atoms with Gasteiger partial charge in [0.05, 0.1) is 13.2 Å². The molecule has 20 nitrogen and oxygen atoms in total. The van der Waals surface area contributed by atoms with E-state index in [1.165, 1.54) is 12.2 Å². The van der Waals surface area contributed by atoms with Gasteiger partial charge in [0, 0.05) is 55.4 Å². The van der Waals surface area contributed by atoms with Crippen LogP contribution in [-0.4, -0.2) is 136 Å². The van der Waals surface area contributed by atoms with Crippen LogP contribution in [-0.2, 0) is 95.2 Å². The number of ether oxygens (including phenoxy) is 12. The van der Waals surface area contributed by atoms with Crippen molar-refractivity contribution in [3.05, 3.63) is 12.2 Å². The van der Waals surface area contributed by atoms with Gasteiger partial charge in [0.15, 0.2) is 49.2 Å². The van der Waals surface area contributed by atoms with Gasteiger partial charge in [-0.2, -0.15) is 0 Å². The van der Waals surface area contributed by atoms with Crippen molar-refractivity contribution in [3.63, 3.8) is 0 Å². The third kappa shape index (κ3) is 14.5. The zero-order valence-electron chi connectivity index (χ0n) is 29.9. The van der Waals surface area contributed by atoms with E-state index in [-0.39, 0.29) is 13.2 Å². The molecule has 0 saturated carbocycles. The molecule has 0 bridgehead atoms. The lowest BCUT2D eigenvalue weighted by molar-refractivity contribution is -0.306. The molecular formula is C32H44O20. The van der Waals surface area contributed by atoms with Crippen molar-refractivity contribution in [1.29, 1.82) is 0 Å². The second kappa shape index (κ2) is 21.0. The van der Waals surface area contributed by atoms with Crippen LogP contribution in [0.25, 0.3) is 0 Å². The molecule has 0 N–H and O–H groups in total. The highest BCUT2D eigenvalue weighted by Gasteiger charge is 2.54. The number of hydrogen-bond donors (Lipinski definition) is 0. The van der Waals surface area contributed by atoms with E-state index < -0.39 is 122 Å². The van der Waals surface area contributed by atoms with Crippen molar-refractivity contribution < 1.29 is 95.2 Å². The Bertz CT molecular complexity index is 1230. The van der Waals surface area contributed by atoms with Crippen molar-refractivity contribution in [2.24, 2.45) is 0 Å². The van der Waals surface area contributed by atoms with Gasteiger partial charge in [0.2, 0.25) is 0 Å². The Balaban J connectivity index is 2.27. The summed E-state index contributed by atoms with van der Waals surface area (Å²) >= 11 is 0. The number of hydrogen-bond acceptors (Lipinski definition) is 20. The maximum absolute atomic E-state index is 12.0. The topological polar surface area (TPSA) is 247 Å². The van der Waals surface area contributed by atoms with Crippen LogP contribution >= 0.6 is 0 Å². The Labute approximate surface area is 298 Å². The average molecular weight is 749 g/mol. The summed E-state index contributed by atoms with van der Waals surface area (Å²) in [7, 11) is 0. The normalized spacial score (nSPS) is 28.5. The zero-order valence-corrected chi connectivity index (χ0v) is 29.9. The zero-order chi connectivity index (χ0) is 39.1. The Morgan fingerprint density at radius 2 is 0.673 bits per heavy atom. The fourth-order valence-corrected chi connectivity index (χ4v) is 5.08. The summed E-state index contributed by atoms with van der Waals surface area (Å²) in [5, 5.41) is 0. The molecular weight excluding hydrogens is 704 g/mol. The van der Waals surface area contributed by atoms with Gasteiger partial charge in [-0.25, -0.2) is 0 Å². The maximum Gasteiger partial charge on any atom is 0.303 e. The van der Waals surface area contributed by atoms with Gasteiger partial charge in [-0.1, -0.05) is 12.2 Å². The highest BCUT2D eigenvalue weighted by Crippen LogP contribution is 2.31. The predicted octanol–water partition coefficient (Wildman–Crippen LogP) is -0.258. The molecule has 0 radical (unpaired) electrons. The molecule has 292 valence electrons. The molecule has 2 heterocycles. The molecule has 0 amide bonds. The first kappa shape index (κ1) is 43.5. The van der Waals surface area contributed by atoms with E-state index in [2.05, 4.69) is 0 Å². The fraction of sp³-hybridized carbons (Fsp3) is 0.688. The third-order valence-electron chi connectivity index (χ3n) is 6.78. The monoisotopic (exact) mass is 748 g/mol. The summed E-state index contributed by atoms with van der Waals surface area (Å²) in [5.74, 6) is -6.21. The molecule has 2 rings (SSSR count). The highest BCUT2D eigenvalue weighted by molar-refractivity contribution is 5.70. The summed E-state index contributed by atoms with van der Waals surface area (Å²) in [4.78, 5) is 95.0. The van der Waals surface area contributed by atoms with Crippen LogP contribution in [0.3, 0.4) is 0 Å². The first-order valence-corrected chi connectivity index (χ1v) is 15.9. The van der Waals surface area contributed by atoms with Gasteiger partial charge in [-0.3, -0.25) is 38.4 Å². The third-order valence-corrected chi connectivity index (χ3v) is 6.78. The predicted molar refractivity (Wildman–Crippen MR) is 165 cm³/mol. The molecule has 0 aromatic heterocycles. The number of carbonyl (C=O) groups excluding carboxylic acids is 8. The Kier molecular flexibility index (Phi) is 17.6. The van der Waals surface area contributed by atoms with E-state index in [0.717, 1.165) is 55.4 Å². The molecule has 0 aromatic carbocycles. The van der Waals surface area contributed by atoms with E-state index in [0.29, 0.717) is 0 Å². The SMILES string of the molecule is CC(=O)OC[C@H]1O[C@H](OC/C=C\CO[C@H]2O[C@H](COC(C)=O)[C@H](OC(C)=O)[C@H](OC(C)=O)[C@H]2OC(C)=O)[C@H](OC(C)=O)[C@@H](OC(C)=O)[C@H]1OC(C)=O. The summed E-state index contributed by atoms with van der Waals surface area (Å²) in [6.07, 6.45) is -10.9. The van der Waals surface area contributed by atoms with Crippen LogP contribution in [0.2, 0.25) is 0 Å². The van der Waals surface area contributed by atoms with Gasteiger partial charge in [-0.15, -0.1) is 0 Å². The van der Waals surface area contributed by atoms with Crippen LogP contribution < -0.4 is 0 Å². The second-order valence-electron chi connectivity index (χ2n) is 11.3. The van der Waals surface area contributed by atoms with Gasteiger partial charge in [-0.05, 0) is 0 Å². The van der Waals surface area contributed by atoms with Gasteiger partial charge >= 0.3 is 47.8 Å². The average Bonchev–Trinajstić information content (AvgIpc) is 3.00. The standard InChI is InChI=1S/C32H44O20/c1-15(33)43-13-23-25(45-17(3)35)27(47-19(5)37)29(49-21(7)39)31(51-23)41-11-9-10-12-42-32-30(50-22(8)40)28(48-20(6)38)26(46-18(4)36)24(52-32)14-44-16(2)34/h9-10,23-32H,11-14H2,1-8H3/b10-9-/t23-,24-,25+,26+,27+,28+,29-,30-,31+,32+/m1/s1. The molecule has 52 heavy (non-hydrogen) atoms. The minimum atomic E-state index is -1.44. The smallest absolute Gasteiger partial charge is 0.303 e. The van der Waals surface area contributed by atoms with Crippen molar-refractivity contribution in [2.75, 3.05) is 26.4 Å². The van der Waals surface area contributed by atoms with E-state index in [9.17, 15) is 38.4 Å². The van der Waals surface area contributed by atoms with Crippen molar-refractivity contribution >= 4 is 47.8 Å². The summed E-state index contributed by atoms with van der Waals surface area (Å²) in [6.45, 7) is 7.37. The lowest BCUT2D eigenvalue weighted by Crippen LogP contribution is -2.63. The first-order valence-electron chi connectivity index (χ1n) is 15.9. The lowest BCUT2D eigenvalue weighted by Gasteiger charge is -2.44. The fourth-order valence-electron chi connectivity index (χ4n) is 5.08. The number of carbonyl (C=O) groups is 8. The molecule has 2 aliphatic rings. The molecule has 0 spiro atoms. The van der Waals surface area contributed by atoms with Crippen LogP contribution in [0.1, 0.15) is 55.4 Å². The highest BCUT2D eigenvalue weighted by atomic mass is 16.7. The van der Waals surface area contributed by atoms with E-state index in [4.69, 9.17) is 56.8 Å². The van der Waals surface area contributed by atoms with Crippen molar-refractivity contribution in [3.8, 4) is 0 Å². The minimum absolute atomic E-state index is 0.254. The molecule has 2 aliphatic heterocycles. The molecule has 2 saturated heterocycles. The number of rotatable bonds is 16. The minimum Gasteiger partial charge on any atom is -0.463 e. The Hall–Kier alpha value is -4.66. The molecule has 20 heteroatoms. The Morgan fingerprint density at radius 1 is 0.404 bits per heavy atom. The maximum atomic E-state index is 12.0. The van der Waals surface area contributed by atoms with Gasteiger partial charge in [0.1, 0.15) is 25.4 Å². The van der Waals surface area contributed by atoms with E-state index in [1.807, 2.05) is 0 Å². The van der Waals surface area contributed by atoms with Crippen LogP contribution in [0.15, 0.2) is 12.2 Å². The Morgan fingerprint density at radius 3 is 0.942 bits per heavy atom. The molecule has 0 aromatic rings. The van der Waals surface area contributed by atoms with Gasteiger partial charge < -0.3 is 56.8 Å². The quantitative estimate of drug-likeness (QED) is 0.112. The van der Waals surface area contributed by atoms with Crippen molar-refractivity contribution in [1.82, 2.24) is 0 Å². The van der Waals surface area contributed by atoms with Gasteiger partial charge in [0.25, 0.3) is 0 Å². The lowest BCUT2D eigenvalue weighted by atomic mass is 9.98. The summed E-state index contributed by atoms with van der Waals surface area (Å²) < 4.78 is 65.4. The van der Waals surface area contributed by atoms with Crippen LogP contribution in [0.5, 0.6) is 0 Å². The van der Waals surface area contributed by atoms with E-state index >= 15 is 0 Å². The van der Waals surface area contributed by atoms with Crippen LogP contribution in [0, 0.1) is 0 Å². The largest absolute Gasteiger partial charge is 0.463 e. The first-order chi connectivity index (χ1) is 24.4. The summed E-state index contributed by atoms with van der Waals surface area (Å²) in [6, 6.07) is 0. The van der Waals surface area contributed by atoms with Crippen molar-refractivity contribution in [2.45, 2.75) is 117 Å². The van der Waals surface area contributed by atoms with E-state index in [1.54, 1.807) is 0 Å². The second-order valence-corrected chi connectivity index (χ2v) is 11.3. The summed E-state index contributed by atoms with van der Waals surface area (Å²) in [5.41, 5.74) is 0. The molecule has 2 fully saturated rings. The number of esters is 8. The van der Waals surface area contributed by atoms with Crippen LogP contribution in [0.4, 0.5) is 0 Å².